The summed E-state index contributed by atoms with van der Waals surface area (Å²) in [5.41, 5.74) is 11.6. The van der Waals surface area contributed by atoms with E-state index in [-0.39, 0.29) is 6.04 Å². The zero-order valence-corrected chi connectivity index (χ0v) is 8.95. The zero-order chi connectivity index (χ0) is 9.42. The van der Waals surface area contributed by atoms with Gasteiger partial charge >= 0.3 is 0 Å². The highest BCUT2D eigenvalue weighted by Crippen LogP contribution is 2.33. The zero-order valence-electron chi connectivity index (χ0n) is 8.13. The number of fused-ring (bicyclic) bond motifs is 1. The standard InChI is InChI=1S/C11H15NS/c1-7-3-8(2)11-9(4-7)5-13-6-10(11)12/h3-4,10H,5-6,12H2,1-2H3/t10-/m0/s1. The lowest BCUT2D eigenvalue weighted by atomic mass is 9.95. The Morgan fingerprint density at radius 1 is 1.38 bits per heavy atom. The number of hydrogen-bond acceptors (Lipinski definition) is 2. The van der Waals surface area contributed by atoms with Crippen molar-refractivity contribution < 1.29 is 0 Å². The molecule has 1 atom stereocenters. The normalized spacial score (nSPS) is 21.3. The van der Waals surface area contributed by atoms with E-state index in [1.54, 1.807) is 0 Å². The maximum Gasteiger partial charge on any atom is 0.0392 e. The highest BCUT2D eigenvalue weighted by molar-refractivity contribution is 7.98. The van der Waals surface area contributed by atoms with E-state index in [4.69, 9.17) is 5.73 Å². The van der Waals surface area contributed by atoms with Gasteiger partial charge in [0, 0.05) is 17.5 Å². The lowest BCUT2D eigenvalue weighted by molar-refractivity contribution is 0.800. The largest absolute Gasteiger partial charge is 0.323 e. The molecule has 0 radical (unpaired) electrons. The van der Waals surface area contributed by atoms with Gasteiger partial charge in [-0.25, -0.2) is 0 Å². The maximum absolute atomic E-state index is 6.08. The molecule has 1 aliphatic heterocycles. The molecule has 1 aromatic rings. The molecule has 0 saturated carbocycles. The van der Waals surface area contributed by atoms with Gasteiger partial charge in [-0.15, -0.1) is 0 Å². The molecule has 0 spiro atoms. The number of nitrogens with two attached hydrogens (primary N) is 1. The topological polar surface area (TPSA) is 26.0 Å². The molecule has 2 N–H and O–H groups in total. The van der Waals surface area contributed by atoms with E-state index in [0.29, 0.717) is 0 Å². The Morgan fingerprint density at radius 2 is 2.15 bits per heavy atom. The predicted molar refractivity (Wildman–Crippen MR) is 59.0 cm³/mol. The summed E-state index contributed by atoms with van der Waals surface area (Å²) in [5, 5.41) is 0. The van der Waals surface area contributed by atoms with E-state index in [1.165, 1.54) is 22.3 Å². The molecule has 0 bridgehead atoms. The smallest absolute Gasteiger partial charge is 0.0392 e. The Hall–Kier alpha value is -0.470. The highest BCUT2D eigenvalue weighted by Gasteiger charge is 2.18. The van der Waals surface area contributed by atoms with E-state index in [2.05, 4.69) is 26.0 Å². The molecule has 0 unspecified atom stereocenters. The van der Waals surface area contributed by atoms with Crippen LogP contribution in [-0.4, -0.2) is 5.75 Å². The van der Waals surface area contributed by atoms with Gasteiger partial charge in [0.2, 0.25) is 0 Å². The van der Waals surface area contributed by atoms with Crippen molar-refractivity contribution in [3.63, 3.8) is 0 Å². The Bertz CT molecular complexity index is 333. The van der Waals surface area contributed by atoms with Crippen molar-refractivity contribution in [2.24, 2.45) is 5.73 Å². The molecule has 13 heavy (non-hydrogen) atoms. The molecule has 1 heterocycles. The molecule has 70 valence electrons. The lowest BCUT2D eigenvalue weighted by Crippen LogP contribution is -2.20. The Balaban J connectivity index is 2.56. The first kappa shape index (κ1) is 9.10. The van der Waals surface area contributed by atoms with Gasteiger partial charge in [0.25, 0.3) is 0 Å². The van der Waals surface area contributed by atoms with Crippen molar-refractivity contribution in [3.8, 4) is 0 Å². The molecular weight excluding hydrogens is 178 g/mol. The minimum Gasteiger partial charge on any atom is -0.323 e. The second-order valence-corrected chi connectivity index (χ2v) is 4.81. The average molecular weight is 193 g/mol. The van der Waals surface area contributed by atoms with Gasteiger partial charge in [-0.1, -0.05) is 17.7 Å². The number of aryl methyl sites for hydroxylation is 2. The van der Waals surface area contributed by atoms with Gasteiger partial charge in [-0.05, 0) is 30.5 Å². The third kappa shape index (κ3) is 1.61. The summed E-state index contributed by atoms with van der Waals surface area (Å²) < 4.78 is 0. The fourth-order valence-electron chi connectivity index (χ4n) is 2.10. The molecular formula is C11H15NS. The van der Waals surface area contributed by atoms with Crippen LogP contribution in [-0.2, 0) is 5.75 Å². The minimum absolute atomic E-state index is 0.245. The van der Waals surface area contributed by atoms with Crippen molar-refractivity contribution in [1.29, 1.82) is 0 Å². The first-order chi connectivity index (χ1) is 6.18. The quantitative estimate of drug-likeness (QED) is 0.685. The van der Waals surface area contributed by atoms with Crippen LogP contribution in [0.15, 0.2) is 12.1 Å². The average Bonchev–Trinajstić information content (AvgIpc) is 2.02. The van der Waals surface area contributed by atoms with Crippen LogP contribution in [0.2, 0.25) is 0 Å². The van der Waals surface area contributed by atoms with Gasteiger partial charge in [0.15, 0.2) is 0 Å². The number of rotatable bonds is 0. The fraction of sp³-hybridized carbons (Fsp3) is 0.455. The van der Waals surface area contributed by atoms with Gasteiger partial charge in [-0.2, -0.15) is 11.8 Å². The van der Waals surface area contributed by atoms with Gasteiger partial charge in [0.05, 0.1) is 0 Å². The molecule has 2 rings (SSSR count). The van der Waals surface area contributed by atoms with Crippen molar-refractivity contribution in [1.82, 2.24) is 0 Å². The van der Waals surface area contributed by atoms with Crippen LogP contribution in [0.4, 0.5) is 0 Å². The summed E-state index contributed by atoms with van der Waals surface area (Å²) in [6.07, 6.45) is 0. The van der Waals surface area contributed by atoms with Crippen molar-refractivity contribution >= 4 is 11.8 Å². The Morgan fingerprint density at radius 3 is 2.92 bits per heavy atom. The Kier molecular flexibility index (Phi) is 2.35. The second-order valence-electron chi connectivity index (χ2n) is 3.78. The molecule has 0 aromatic heterocycles. The van der Waals surface area contributed by atoms with E-state index >= 15 is 0 Å². The van der Waals surface area contributed by atoms with Crippen LogP contribution in [0.1, 0.15) is 28.3 Å². The van der Waals surface area contributed by atoms with E-state index in [0.717, 1.165) is 11.5 Å². The summed E-state index contributed by atoms with van der Waals surface area (Å²) in [4.78, 5) is 0. The van der Waals surface area contributed by atoms with E-state index in [1.807, 2.05) is 11.8 Å². The molecule has 1 nitrogen and oxygen atoms in total. The number of hydrogen-bond donors (Lipinski definition) is 1. The monoisotopic (exact) mass is 193 g/mol. The second kappa shape index (κ2) is 3.35. The van der Waals surface area contributed by atoms with E-state index < -0.39 is 0 Å². The molecule has 1 aromatic carbocycles. The first-order valence-corrected chi connectivity index (χ1v) is 5.77. The van der Waals surface area contributed by atoms with Crippen molar-refractivity contribution in [2.75, 3.05) is 5.75 Å². The van der Waals surface area contributed by atoms with Crippen LogP contribution in [0.25, 0.3) is 0 Å². The van der Waals surface area contributed by atoms with Crippen molar-refractivity contribution in [3.05, 3.63) is 34.4 Å². The minimum atomic E-state index is 0.245. The fourth-order valence-corrected chi connectivity index (χ4v) is 3.09. The molecule has 2 heteroatoms. The van der Waals surface area contributed by atoms with Crippen LogP contribution in [0.3, 0.4) is 0 Å². The number of thioether (sulfide) groups is 1. The molecule has 0 aliphatic carbocycles. The predicted octanol–water partition coefficient (Wildman–Crippen LogP) is 2.55. The van der Waals surface area contributed by atoms with Crippen molar-refractivity contribution in [2.45, 2.75) is 25.6 Å². The lowest BCUT2D eigenvalue weighted by Gasteiger charge is -2.24. The molecule has 0 amide bonds. The molecule has 0 fully saturated rings. The summed E-state index contributed by atoms with van der Waals surface area (Å²) in [6.45, 7) is 4.32. The maximum atomic E-state index is 6.08. The summed E-state index contributed by atoms with van der Waals surface area (Å²) in [6, 6.07) is 4.75. The first-order valence-electron chi connectivity index (χ1n) is 4.62. The Labute approximate surface area is 83.7 Å². The van der Waals surface area contributed by atoms with Crippen LogP contribution in [0.5, 0.6) is 0 Å². The van der Waals surface area contributed by atoms with Gasteiger partial charge in [-0.3, -0.25) is 0 Å². The van der Waals surface area contributed by atoms with Gasteiger partial charge in [0.1, 0.15) is 0 Å². The SMILES string of the molecule is Cc1cc(C)c2c(c1)CSC[C@@H]2N. The van der Waals surface area contributed by atoms with Gasteiger partial charge < -0.3 is 5.73 Å². The summed E-state index contributed by atoms with van der Waals surface area (Å²) in [5.74, 6) is 2.20. The summed E-state index contributed by atoms with van der Waals surface area (Å²) >= 11 is 1.94. The van der Waals surface area contributed by atoms with Crippen LogP contribution in [0, 0.1) is 13.8 Å². The van der Waals surface area contributed by atoms with Crippen LogP contribution < -0.4 is 5.73 Å². The molecule has 1 aliphatic rings. The third-order valence-electron chi connectivity index (χ3n) is 2.54. The van der Waals surface area contributed by atoms with Crippen LogP contribution >= 0.6 is 11.8 Å². The summed E-state index contributed by atoms with van der Waals surface area (Å²) in [7, 11) is 0. The van der Waals surface area contributed by atoms with E-state index in [9.17, 15) is 0 Å². The number of benzene rings is 1. The molecule has 0 saturated heterocycles. The highest BCUT2D eigenvalue weighted by atomic mass is 32.2. The third-order valence-corrected chi connectivity index (χ3v) is 3.65.